The summed E-state index contributed by atoms with van der Waals surface area (Å²) in [5.74, 6) is -0.472. The van der Waals surface area contributed by atoms with Crippen molar-refractivity contribution in [2.45, 2.75) is 26.4 Å². The van der Waals surface area contributed by atoms with Gasteiger partial charge in [0.15, 0.2) is 0 Å². The summed E-state index contributed by atoms with van der Waals surface area (Å²) in [6.07, 6.45) is 0. The molecule has 0 spiro atoms. The topological polar surface area (TPSA) is 35.5 Å². The SMILES string of the molecule is CC(C)(C)OOC(=O)c1ccccc1.c1ccc2ccccc2c1. The molecule has 0 heterocycles. The molecule has 0 aliphatic rings. The van der Waals surface area contributed by atoms with Crippen molar-refractivity contribution < 1.29 is 14.6 Å². The van der Waals surface area contributed by atoms with Crippen LogP contribution in [0.3, 0.4) is 0 Å². The summed E-state index contributed by atoms with van der Waals surface area (Å²) < 4.78 is 0. The van der Waals surface area contributed by atoms with E-state index >= 15 is 0 Å². The first-order chi connectivity index (χ1) is 11.5. The van der Waals surface area contributed by atoms with Crippen LogP contribution >= 0.6 is 0 Å². The zero-order valence-corrected chi connectivity index (χ0v) is 14.2. The lowest BCUT2D eigenvalue weighted by Gasteiger charge is -2.16. The average Bonchev–Trinajstić information content (AvgIpc) is 2.60. The lowest BCUT2D eigenvalue weighted by Crippen LogP contribution is -2.21. The molecule has 3 rings (SSSR count). The van der Waals surface area contributed by atoms with E-state index in [4.69, 9.17) is 4.89 Å². The molecule has 0 saturated heterocycles. The summed E-state index contributed by atoms with van der Waals surface area (Å²) in [5, 5.41) is 2.62. The molecule has 124 valence electrons. The Bertz CT molecular complexity index is 708. The van der Waals surface area contributed by atoms with Gasteiger partial charge in [-0.05, 0) is 43.7 Å². The molecule has 0 saturated carbocycles. The molecule has 0 bridgehead atoms. The quantitative estimate of drug-likeness (QED) is 0.467. The maximum atomic E-state index is 11.3. The van der Waals surface area contributed by atoms with Crippen LogP contribution in [0.25, 0.3) is 10.8 Å². The van der Waals surface area contributed by atoms with E-state index in [0.29, 0.717) is 5.56 Å². The molecule has 0 N–H and O–H groups in total. The molecule has 0 aliphatic carbocycles. The molecule has 0 atom stereocenters. The molecule has 24 heavy (non-hydrogen) atoms. The molecule has 0 aromatic heterocycles. The van der Waals surface area contributed by atoms with E-state index in [-0.39, 0.29) is 0 Å². The van der Waals surface area contributed by atoms with E-state index in [9.17, 15) is 4.79 Å². The number of hydrogen-bond donors (Lipinski definition) is 0. The molecular weight excluding hydrogens is 300 g/mol. The van der Waals surface area contributed by atoms with E-state index < -0.39 is 11.6 Å². The zero-order chi connectivity index (χ0) is 17.4. The van der Waals surface area contributed by atoms with Gasteiger partial charge in [0.2, 0.25) is 0 Å². The highest BCUT2D eigenvalue weighted by Crippen LogP contribution is 2.11. The highest BCUT2D eigenvalue weighted by atomic mass is 17.2. The molecule has 0 radical (unpaired) electrons. The Morgan fingerprint density at radius 1 is 0.708 bits per heavy atom. The van der Waals surface area contributed by atoms with Crippen molar-refractivity contribution >= 4 is 16.7 Å². The second-order valence-corrected chi connectivity index (χ2v) is 6.28. The minimum atomic E-state index is -0.482. The van der Waals surface area contributed by atoms with E-state index in [1.165, 1.54) is 10.8 Å². The fourth-order valence-electron chi connectivity index (χ4n) is 1.92. The Labute approximate surface area is 142 Å². The van der Waals surface area contributed by atoms with Crippen LogP contribution < -0.4 is 0 Å². The van der Waals surface area contributed by atoms with E-state index in [2.05, 4.69) is 53.4 Å². The Morgan fingerprint density at radius 2 is 1.12 bits per heavy atom. The van der Waals surface area contributed by atoms with Crippen molar-refractivity contribution in [2.75, 3.05) is 0 Å². The third-order valence-electron chi connectivity index (χ3n) is 3.04. The molecule has 0 amide bonds. The Balaban J connectivity index is 0.000000182. The van der Waals surface area contributed by atoms with Crippen LogP contribution in [-0.4, -0.2) is 11.6 Å². The van der Waals surface area contributed by atoms with Gasteiger partial charge < -0.3 is 0 Å². The summed E-state index contributed by atoms with van der Waals surface area (Å²) in [6, 6.07) is 25.4. The van der Waals surface area contributed by atoms with Gasteiger partial charge in [-0.1, -0.05) is 66.7 Å². The van der Waals surface area contributed by atoms with Crippen molar-refractivity contribution in [2.24, 2.45) is 0 Å². The molecule has 3 aromatic rings. The van der Waals surface area contributed by atoms with E-state index in [0.717, 1.165) is 0 Å². The van der Waals surface area contributed by atoms with Crippen LogP contribution in [0.15, 0.2) is 78.9 Å². The second kappa shape index (κ2) is 8.27. The summed E-state index contributed by atoms with van der Waals surface area (Å²) in [7, 11) is 0. The van der Waals surface area contributed by atoms with Crippen LogP contribution in [0.2, 0.25) is 0 Å². The normalized spacial score (nSPS) is 10.6. The molecule has 0 unspecified atom stereocenters. The average molecular weight is 322 g/mol. The van der Waals surface area contributed by atoms with Crippen molar-refractivity contribution in [3.8, 4) is 0 Å². The number of carbonyl (C=O) groups excluding carboxylic acids is 1. The maximum absolute atomic E-state index is 11.3. The van der Waals surface area contributed by atoms with Gasteiger partial charge in [-0.3, -0.25) is 4.89 Å². The molecular formula is C21H22O3. The van der Waals surface area contributed by atoms with Crippen molar-refractivity contribution in [3.63, 3.8) is 0 Å². The third-order valence-corrected chi connectivity index (χ3v) is 3.04. The Hall–Kier alpha value is -2.65. The predicted molar refractivity (Wildman–Crippen MR) is 96.6 cm³/mol. The first kappa shape index (κ1) is 17.7. The van der Waals surface area contributed by atoms with Crippen LogP contribution in [-0.2, 0) is 9.78 Å². The number of carbonyl (C=O) groups is 1. The lowest BCUT2D eigenvalue weighted by molar-refractivity contribution is -0.301. The second-order valence-electron chi connectivity index (χ2n) is 6.28. The zero-order valence-electron chi connectivity index (χ0n) is 14.2. The van der Waals surface area contributed by atoms with Gasteiger partial charge in [0.25, 0.3) is 0 Å². The maximum Gasteiger partial charge on any atom is 0.373 e. The largest absolute Gasteiger partial charge is 0.373 e. The Morgan fingerprint density at radius 3 is 1.54 bits per heavy atom. The summed E-state index contributed by atoms with van der Waals surface area (Å²) in [5.41, 5.74) is 0.00140. The lowest BCUT2D eigenvalue weighted by atomic mass is 10.1. The highest BCUT2D eigenvalue weighted by Gasteiger charge is 2.16. The van der Waals surface area contributed by atoms with Crippen molar-refractivity contribution in [1.82, 2.24) is 0 Å². The van der Waals surface area contributed by atoms with Gasteiger partial charge in [0.05, 0.1) is 5.56 Å². The van der Waals surface area contributed by atoms with Gasteiger partial charge >= 0.3 is 5.97 Å². The number of hydrogen-bond acceptors (Lipinski definition) is 3. The van der Waals surface area contributed by atoms with Gasteiger partial charge in [-0.25, -0.2) is 4.79 Å². The number of rotatable bonds is 2. The van der Waals surface area contributed by atoms with Gasteiger partial charge in [0, 0.05) is 0 Å². The summed E-state index contributed by atoms with van der Waals surface area (Å²) in [4.78, 5) is 20.9. The third kappa shape index (κ3) is 5.86. The molecule has 3 aromatic carbocycles. The standard InChI is InChI=1S/C11H14O3.C10H8/c1-11(2,3)14-13-10(12)9-7-5-4-6-8-9;1-2-6-10-8-4-3-7-9(10)5-1/h4-8H,1-3H3;1-8H. The monoisotopic (exact) mass is 322 g/mol. The van der Waals surface area contributed by atoms with Crippen molar-refractivity contribution in [3.05, 3.63) is 84.4 Å². The fourth-order valence-corrected chi connectivity index (χ4v) is 1.92. The van der Waals surface area contributed by atoms with E-state index in [1.54, 1.807) is 24.3 Å². The minimum Gasteiger partial charge on any atom is -0.292 e. The van der Waals surface area contributed by atoms with Crippen LogP contribution in [0.4, 0.5) is 0 Å². The van der Waals surface area contributed by atoms with Crippen molar-refractivity contribution in [1.29, 1.82) is 0 Å². The molecule has 3 nitrogen and oxygen atoms in total. The molecule has 0 aliphatic heterocycles. The minimum absolute atomic E-state index is 0.472. The fraction of sp³-hybridized carbons (Fsp3) is 0.190. The first-order valence-electron chi connectivity index (χ1n) is 7.84. The van der Waals surface area contributed by atoms with Crippen LogP contribution in [0, 0.1) is 0 Å². The highest BCUT2D eigenvalue weighted by molar-refractivity contribution is 5.88. The van der Waals surface area contributed by atoms with Gasteiger partial charge in [-0.15, -0.1) is 0 Å². The molecule has 0 fully saturated rings. The number of benzene rings is 3. The predicted octanol–water partition coefficient (Wildman–Crippen LogP) is 5.41. The first-order valence-corrected chi connectivity index (χ1v) is 7.84. The Kier molecular flexibility index (Phi) is 6.10. The van der Waals surface area contributed by atoms with Gasteiger partial charge in [-0.2, -0.15) is 4.89 Å². The smallest absolute Gasteiger partial charge is 0.292 e. The van der Waals surface area contributed by atoms with Gasteiger partial charge in [0.1, 0.15) is 5.60 Å². The van der Waals surface area contributed by atoms with Crippen LogP contribution in [0.1, 0.15) is 31.1 Å². The number of fused-ring (bicyclic) bond motifs is 1. The van der Waals surface area contributed by atoms with Crippen LogP contribution in [0.5, 0.6) is 0 Å². The molecule has 3 heteroatoms. The van der Waals surface area contributed by atoms with E-state index in [1.807, 2.05) is 26.8 Å². The summed E-state index contributed by atoms with van der Waals surface area (Å²) >= 11 is 0. The summed E-state index contributed by atoms with van der Waals surface area (Å²) in [6.45, 7) is 5.43.